The van der Waals surface area contributed by atoms with Crippen molar-refractivity contribution in [3.05, 3.63) is 54.0 Å². The Balaban J connectivity index is 1.35. The molecule has 0 aliphatic carbocycles. The fourth-order valence-electron chi connectivity index (χ4n) is 4.27. The third-order valence-corrected chi connectivity index (χ3v) is 6.08. The summed E-state index contributed by atoms with van der Waals surface area (Å²) in [7, 11) is 0. The van der Waals surface area contributed by atoms with Crippen LogP contribution in [0, 0.1) is 0 Å². The molecule has 0 saturated carbocycles. The fourth-order valence-corrected chi connectivity index (χ4v) is 4.27. The number of carbonyl (C=O) groups excluding carboxylic acids is 1. The van der Waals surface area contributed by atoms with Crippen molar-refractivity contribution in [2.75, 3.05) is 44.2 Å². The van der Waals surface area contributed by atoms with E-state index < -0.39 is 0 Å². The van der Waals surface area contributed by atoms with Crippen LogP contribution in [0.15, 0.2) is 52.1 Å². The first-order valence-electron chi connectivity index (χ1n) is 11.5. The molecule has 2 aliphatic heterocycles. The lowest BCUT2D eigenvalue weighted by Gasteiger charge is -2.24. The number of guanidine groups is 1. The number of amides is 1. The van der Waals surface area contributed by atoms with Crippen molar-refractivity contribution in [2.45, 2.75) is 38.8 Å². The van der Waals surface area contributed by atoms with Crippen molar-refractivity contribution in [1.29, 1.82) is 0 Å². The van der Waals surface area contributed by atoms with Gasteiger partial charge in [0, 0.05) is 31.2 Å². The normalized spacial score (nSPS) is 19.4. The van der Waals surface area contributed by atoms with Crippen LogP contribution in [0.1, 0.15) is 31.1 Å². The number of carbonyl (C=O) groups is 1. The Morgan fingerprint density at radius 3 is 2.78 bits per heavy atom. The first-order chi connectivity index (χ1) is 15.7. The van der Waals surface area contributed by atoms with E-state index in [1.54, 1.807) is 11.2 Å². The zero-order chi connectivity index (χ0) is 22.2. The highest BCUT2D eigenvalue weighted by molar-refractivity contribution is 5.89. The summed E-state index contributed by atoms with van der Waals surface area (Å²) in [5.74, 6) is 1.77. The van der Waals surface area contributed by atoms with E-state index in [1.165, 1.54) is 19.4 Å². The molecule has 172 valence electrons. The first-order valence-corrected chi connectivity index (χ1v) is 11.5. The molecule has 4 rings (SSSR count). The minimum atomic E-state index is -0.281. The molecular formula is C24H33N5O3. The number of nitrogens with one attached hydrogen (secondary N) is 2. The molecule has 0 radical (unpaired) electrons. The van der Waals surface area contributed by atoms with E-state index in [0.29, 0.717) is 25.7 Å². The Morgan fingerprint density at radius 2 is 2.06 bits per heavy atom. The van der Waals surface area contributed by atoms with Crippen molar-refractivity contribution >= 4 is 17.7 Å². The van der Waals surface area contributed by atoms with E-state index in [0.717, 1.165) is 49.0 Å². The van der Waals surface area contributed by atoms with Gasteiger partial charge in [0.25, 0.3) is 0 Å². The van der Waals surface area contributed by atoms with Gasteiger partial charge < -0.3 is 19.8 Å². The SMILES string of the molecule is CCN1CCCC1CNC(=NCc1ccc(N2CCOC2=O)cc1)NCCc1ccco1. The number of nitrogens with zero attached hydrogens (tertiary/aromatic N) is 3. The Bertz CT molecular complexity index is 882. The number of likely N-dealkylation sites (N-methyl/N-ethyl adjacent to an activating group) is 1. The van der Waals surface area contributed by atoms with E-state index in [4.69, 9.17) is 14.1 Å². The van der Waals surface area contributed by atoms with Crippen LogP contribution in [0.2, 0.25) is 0 Å². The number of ether oxygens (including phenoxy) is 1. The van der Waals surface area contributed by atoms with Crippen molar-refractivity contribution in [2.24, 2.45) is 4.99 Å². The van der Waals surface area contributed by atoms with E-state index in [1.807, 2.05) is 36.4 Å². The van der Waals surface area contributed by atoms with Crippen LogP contribution in [-0.2, 0) is 17.7 Å². The highest BCUT2D eigenvalue weighted by atomic mass is 16.6. The van der Waals surface area contributed by atoms with Gasteiger partial charge >= 0.3 is 6.09 Å². The third kappa shape index (κ3) is 5.82. The van der Waals surface area contributed by atoms with E-state index in [-0.39, 0.29) is 6.09 Å². The topological polar surface area (TPSA) is 82.3 Å². The van der Waals surface area contributed by atoms with Gasteiger partial charge in [-0.2, -0.15) is 0 Å². The minimum absolute atomic E-state index is 0.281. The highest BCUT2D eigenvalue weighted by Gasteiger charge is 2.24. The standard InChI is InChI=1S/C24H33N5O3/c1-2-28-13-3-5-21(28)18-27-23(25-12-11-22-6-4-15-31-22)26-17-19-7-9-20(10-8-19)29-14-16-32-24(29)30/h4,6-10,15,21H,2-3,5,11-14,16-18H2,1H3,(H2,25,26,27). The maximum absolute atomic E-state index is 11.7. The van der Waals surface area contributed by atoms with Crippen LogP contribution >= 0.6 is 0 Å². The predicted molar refractivity (Wildman–Crippen MR) is 125 cm³/mol. The summed E-state index contributed by atoms with van der Waals surface area (Å²) in [6.45, 7) is 7.72. The van der Waals surface area contributed by atoms with E-state index in [9.17, 15) is 4.79 Å². The average Bonchev–Trinajstić information content (AvgIpc) is 3.58. The second kappa shape index (κ2) is 11.0. The zero-order valence-electron chi connectivity index (χ0n) is 18.8. The predicted octanol–water partition coefficient (Wildman–Crippen LogP) is 3.00. The number of anilines is 1. The molecule has 2 saturated heterocycles. The number of hydrogen-bond acceptors (Lipinski definition) is 5. The maximum Gasteiger partial charge on any atom is 0.414 e. The number of furan rings is 1. The van der Waals surface area contributed by atoms with Crippen molar-refractivity contribution < 1.29 is 13.9 Å². The molecule has 2 aliphatic rings. The van der Waals surface area contributed by atoms with Gasteiger partial charge in [0.1, 0.15) is 12.4 Å². The molecule has 1 aromatic carbocycles. The maximum atomic E-state index is 11.7. The van der Waals surface area contributed by atoms with Crippen LogP contribution in [0.5, 0.6) is 0 Å². The Hall–Kier alpha value is -3.00. The van der Waals surface area contributed by atoms with Crippen LogP contribution < -0.4 is 15.5 Å². The summed E-state index contributed by atoms with van der Waals surface area (Å²) in [5, 5.41) is 6.97. The number of benzene rings is 1. The van der Waals surface area contributed by atoms with Crippen molar-refractivity contribution in [3.8, 4) is 0 Å². The molecular weight excluding hydrogens is 406 g/mol. The van der Waals surface area contributed by atoms with Crippen LogP contribution in [0.3, 0.4) is 0 Å². The van der Waals surface area contributed by atoms with Gasteiger partial charge in [-0.3, -0.25) is 9.80 Å². The molecule has 2 aromatic rings. The summed E-state index contributed by atoms with van der Waals surface area (Å²) >= 11 is 0. The third-order valence-electron chi connectivity index (χ3n) is 6.08. The molecule has 1 aromatic heterocycles. The van der Waals surface area contributed by atoms with Crippen molar-refractivity contribution in [1.82, 2.24) is 15.5 Å². The molecule has 8 heteroatoms. The van der Waals surface area contributed by atoms with Gasteiger partial charge in [0.2, 0.25) is 0 Å². The molecule has 1 atom stereocenters. The monoisotopic (exact) mass is 439 g/mol. The molecule has 2 N–H and O–H groups in total. The zero-order valence-corrected chi connectivity index (χ0v) is 18.8. The number of cyclic esters (lactones) is 1. The summed E-state index contributed by atoms with van der Waals surface area (Å²) in [4.78, 5) is 20.7. The lowest BCUT2D eigenvalue weighted by molar-refractivity contribution is 0.181. The molecule has 32 heavy (non-hydrogen) atoms. The van der Waals surface area contributed by atoms with Gasteiger partial charge in [0.05, 0.1) is 19.4 Å². The highest BCUT2D eigenvalue weighted by Crippen LogP contribution is 2.19. The average molecular weight is 440 g/mol. The Morgan fingerprint density at radius 1 is 1.19 bits per heavy atom. The number of likely N-dealkylation sites (tertiary alicyclic amines) is 1. The van der Waals surface area contributed by atoms with E-state index >= 15 is 0 Å². The van der Waals surface area contributed by atoms with Crippen LogP contribution in [-0.4, -0.2) is 62.3 Å². The molecule has 2 fully saturated rings. The molecule has 3 heterocycles. The van der Waals surface area contributed by atoms with Gasteiger partial charge in [-0.05, 0) is 55.8 Å². The quantitative estimate of drug-likeness (QED) is 0.462. The smallest absolute Gasteiger partial charge is 0.414 e. The Kier molecular flexibility index (Phi) is 7.66. The van der Waals surface area contributed by atoms with E-state index in [2.05, 4.69) is 22.5 Å². The largest absolute Gasteiger partial charge is 0.469 e. The number of aliphatic imine (C=N–C) groups is 1. The van der Waals surface area contributed by atoms with Gasteiger partial charge in [-0.25, -0.2) is 9.79 Å². The van der Waals surface area contributed by atoms with Crippen LogP contribution in [0.25, 0.3) is 0 Å². The molecule has 8 nitrogen and oxygen atoms in total. The van der Waals surface area contributed by atoms with Gasteiger partial charge in [0.15, 0.2) is 5.96 Å². The van der Waals surface area contributed by atoms with Crippen LogP contribution in [0.4, 0.5) is 10.5 Å². The first kappa shape index (κ1) is 22.2. The lowest BCUT2D eigenvalue weighted by atomic mass is 10.2. The Labute approximate surface area is 189 Å². The minimum Gasteiger partial charge on any atom is -0.469 e. The second-order valence-corrected chi connectivity index (χ2v) is 8.16. The van der Waals surface area contributed by atoms with Gasteiger partial charge in [-0.15, -0.1) is 0 Å². The summed E-state index contributed by atoms with van der Waals surface area (Å²) in [5.41, 5.74) is 1.94. The summed E-state index contributed by atoms with van der Waals surface area (Å²) in [6.07, 6.45) is 4.71. The summed E-state index contributed by atoms with van der Waals surface area (Å²) in [6, 6.07) is 12.4. The molecule has 0 bridgehead atoms. The fraction of sp³-hybridized carbons (Fsp3) is 0.500. The summed E-state index contributed by atoms with van der Waals surface area (Å²) < 4.78 is 10.4. The van der Waals surface area contributed by atoms with Crippen molar-refractivity contribution in [3.63, 3.8) is 0 Å². The lowest BCUT2D eigenvalue weighted by Crippen LogP contribution is -2.45. The second-order valence-electron chi connectivity index (χ2n) is 8.16. The molecule has 1 amide bonds. The number of hydrogen-bond donors (Lipinski definition) is 2. The molecule has 1 unspecified atom stereocenters. The van der Waals surface area contributed by atoms with Gasteiger partial charge in [-0.1, -0.05) is 19.1 Å². The molecule has 0 spiro atoms. The number of rotatable bonds is 9.